The highest BCUT2D eigenvalue weighted by Gasteiger charge is 2.20. The molecule has 6 heteroatoms. The van der Waals surface area contributed by atoms with Gasteiger partial charge in [-0.15, -0.1) is 11.3 Å². The first-order valence-electron chi connectivity index (χ1n) is 6.31. The Bertz CT molecular complexity index is 612. The van der Waals surface area contributed by atoms with Crippen molar-refractivity contribution in [2.45, 2.75) is 19.9 Å². The van der Waals surface area contributed by atoms with Crippen LogP contribution in [0.2, 0.25) is 0 Å². The number of aromatic nitrogens is 1. The van der Waals surface area contributed by atoms with Crippen molar-refractivity contribution in [2.24, 2.45) is 5.73 Å². The molecule has 20 heavy (non-hydrogen) atoms. The second kappa shape index (κ2) is 6.11. The second-order valence-electron chi connectivity index (χ2n) is 4.39. The molecule has 1 aromatic carbocycles. The van der Waals surface area contributed by atoms with Crippen LogP contribution < -0.4 is 10.6 Å². The summed E-state index contributed by atoms with van der Waals surface area (Å²) in [6.07, 6.45) is 0. The van der Waals surface area contributed by atoms with Gasteiger partial charge in [-0.05, 0) is 32.0 Å². The van der Waals surface area contributed by atoms with Crippen molar-refractivity contribution in [3.8, 4) is 0 Å². The lowest BCUT2D eigenvalue weighted by atomic mass is 10.2. The molecule has 0 saturated heterocycles. The number of benzene rings is 1. The number of amides is 1. The molecule has 1 atom stereocenters. The lowest BCUT2D eigenvalue weighted by Gasteiger charge is -2.20. The van der Waals surface area contributed by atoms with Gasteiger partial charge in [-0.1, -0.05) is 6.07 Å². The Morgan fingerprint density at radius 3 is 2.85 bits per heavy atom. The highest BCUT2D eigenvalue weighted by atomic mass is 32.1. The molecule has 1 amide bonds. The Labute approximate surface area is 121 Å². The highest BCUT2D eigenvalue weighted by molar-refractivity contribution is 7.09. The van der Waals surface area contributed by atoms with Crippen molar-refractivity contribution in [3.05, 3.63) is 46.2 Å². The molecule has 0 radical (unpaired) electrons. The largest absolute Gasteiger partial charge is 0.322 e. The number of rotatable bonds is 4. The lowest BCUT2D eigenvalue weighted by molar-refractivity contribution is 0.0984. The summed E-state index contributed by atoms with van der Waals surface area (Å²) in [7, 11) is 0. The van der Waals surface area contributed by atoms with Crippen molar-refractivity contribution in [1.82, 2.24) is 4.98 Å². The smallest absolute Gasteiger partial charge is 0.277 e. The zero-order valence-corrected chi connectivity index (χ0v) is 12.2. The maximum atomic E-state index is 13.3. The van der Waals surface area contributed by atoms with Gasteiger partial charge in [-0.25, -0.2) is 9.37 Å². The van der Waals surface area contributed by atoms with Crippen molar-refractivity contribution in [3.63, 3.8) is 0 Å². The summed E-state index contributed by atoms with van der Waals surface area (Å²) in [6, 6.07) is 5.75. The molecule has 0 fully saturated rings. The third-order valence-electron chi connectivity index (χ3n) is 2.81. The number of nitrogens with two attached hydrogens (primary N) is 1. The van der Waals surface area contributed by atoms with Crippen LogP contribution in [0.4, 0.5) is 10.1 Å². The fourth-order valence-electron chi connectivity index (χ4n) is 1.82. The minimum atomic E-state index is -0.372. The zero-order chi connectivity index (χ0) is 14.7. The van der Waals surface area contributed by atoms with E-state index in [1.807, 2.05) is 13.8 Å². The number of halogens is 1. The summed E-state index contributed by atoms with van der Waals surface area (Å²) >= 11 is 1.35. The topological polar surface area (TPSA) is 59.2 Å². The van der Waals surface area contributed by atoms with Crippen LogP contribution in [0.15, 0.2) is 29.6 Å². The minimum Gasteiger partial charge on any atom is -0.322 e. The van der Waals surface area contributed by atoms with Gasteiger partial charge in [0.05, 0.1) is 6.04 Å². The van der Waals surface area contributed by atoms with Crippen LogP contribution in [0.5, 0.6) is 0 Å². The molecule has 0 spiro atoms. The molecule has 1 heterocycles. The summed E-state index contributed by atoms with van der Waals surface area (Å²) in [5.74, 6) is -0.621. The number of anilines is 1. The number of thiazole rings is 1. The molecule has 4 nitrogen and oxygen atoms in total. The average molecular weight is 293 g/mol. The lowest BCUT2D eigenvalue weighted by Crippen LogP contribution is -2.31. The van der Waals surface area contributed by atoms with E-state index in [0.717, 1.165) is 0 Å². The number of nitrogens with zero attached hydrogens (tertiary/aromatic N) is 2. The van der Waals surface area contributed by atoms with E-state index < -0.39 is 0 Å². The molecular weight excluding hydrogens is 277 g/mol. The molecule has 2 N–H and O–H groups in total. The fourth-order valence-corrected chi connectivity index (χ4v) is 2.57. The number of carbonyl (C=O) groups excluding carboxylic acids is 1. The van der Waals surface area contributed by atoms with E-state index in [2.05, 4.69) is 4.98 Å². The van der Waals surface area contributed by atoms with Crippen molar-refractivity contribution in [1.29, 1.82) is 0 Å². The van der Waals surface area contributed by atoms with Gasteiger partial charge in [-0.2, -0.15) is 0 Å². The van der Waals surface area contributed by atoms with E-state index in [-0.39, 0.29) is 17.8 Å². The van der Waals surface area contributed by atoms with Crippen LogP contribution in [-0.4, -0.2) is 17.4 Å². The summed E-state index contributed by atoms with van der Waals surface area (Å²) in [4.78, 5) is 18.2. The number of hydrogen-bond acceptors (Lipinski definition) is 4. The van der Waals surface area contributed by atoms with Crippen LogP contribution in [-0.2, 0) is 0 Å². The fraction of sp³-hybridized carbons (Fsp3) is 0.286. The molecule has 106 valence electrons. The van der Waals surface area contributed by atoms with Gasteiger partial charge in [0.15, 0.2) is 0 Å². The van der Waals surface area contributed by atoms with Crippen molar-refractivity contribution in [2.75, 3.05) is 11.4 Å². The molecule has 2 rings (SSSR count). The van der Waals surface area contributed by atoms with E-state index in [0.29, 0.717) is 22.9 Å². The molecule has 0 aliphatic rings. The van der Waals surface area contributed by atoms with Gasteiger partial charge in [-0.3, -0.25) is 4.79 Å². The zero-order valence-electron chi connectivity index (χ0n) is 11.3. The Morgan fingerprint density at radius 2 is 2.30 bits per heavy atom. The summed E-state index contributed by atoms with van der Waals surface area (Å²) in [6.45, 7) is 4.09. The van der Waals surface area contributed by atoms with Crippen molar-refractivity contribution < 1.29 is 9.18 Å². The number of carbonyl (C=O) groups is 1. The van der Waals surface area contributed by atoms with Crippen LogP contribution in [0.1, 0.15) is 35.4 Å². The Kier molecular flexibility index (Phi) is 4.46. The standard InChI is InChI=1S/C14H16FN3OS/c1-3-18(11-6-4-5-10(15)7-11)14(19)12-8-20-13(17-12)9(2)16/h4-9H,3,16H2,1-2H3. The minimum absolute atomic E-state index is 0.203. The van der Waals surface area contributed by atoms with Gasteiger partial charge in [0.25, 0.3) is 5.91 Å². The predicted molar refractivity (Wildman–Crippen MR) is 78.5 cm³/mol. The maximum Gasteiger partial charge on any atom is 0.277 e. The van der Waals surface area contributed by atoms with Crippen LogP contribution in [0.3, 0.4) is 0 Å². The average Bonchev–Trinajstić information content (AvgIpc) is 2.89. The molecule has 0 aliphatic carbocycles. The maximum absolute atomic E-state index is 13.3. The highest BCUT2D eigenvalue weighted by Crippen LogP contribution is 2.21. The van der Waals surface area contributed by atoms with Gasteiger partial charge in [0, 0.05) is 17.6 Å². The quantitative estimate of drug-likeness (QED) is 0.942. The Morgan fingerprint density at radius 1 is 1.55 bits per heavy atom. The third-order valence-corrected chi connectivity index (χ3v) is 3.86. The summed E-state index contributed by atoms with van der Waals surface area (Å²) in [5.41, 5.74) is 6.60. The molecule has 1 aromatic heterocycles. The first-order valence-corrected chi connectivity index (χ1v) is 7.19. The van der Waals surface area contributed by atoms with Gasteiger partial charge in [0.1, 0.15) is 16.5 Å². The molecule has 2 aromatic rings. The Hall–Kier alpha value is -1.79. The summed E-state index contributed by atoms with van der Waals surface area (Å²) in [5, 5.41) is 2.40. The van der Waals surface area contributed by atoms with Crippen LogP contribution >= 0.6 is 11.3 Å². The third kappa shape index (κ3) is 3.02. The van der Waals surface area contributed by atoms with Crippen LogP contribution in [0.25, 0.3) is 0 Å². The molecule has 0 bridgehead atoms. The molecule has 1 unspecified atom stereocenters. The van der Waals surface area contributed by atoms with E-state index in [1.54, 1.807) is 17.5 Å². The molecular formula is C14H16FN3OS. The molecule has 0 aliphatic heterocycles. The first-order chi connectivity index (χ1) is 9.52. The van der Waals surface area contributed by atoms with Crippen LogP contribution in [0, 0.1) is 5.82 Å². The normalized spacial score (nSPS) is 12.2. The SMILES string of the molecule is CCN(C(=O)c1csc(C(C)N)n1)c1cccc(F)c1. The molecule has 0 saturated carbocycles. The van der Waals surface area contributed by atoms with Crippen molar-refractivity contribution >= 4 is 22.9 Å². The van der Waals surface area contributed by atoms with E-state index in [4.69, 9.17) is 5.73 Å². The second-order valence-corrected chi connectivity index (χ2v) is 5.28. The first kappa shape index (κ1) is 14.6. The predicted octanol–water partition coefficient (Wildman–Crippen LogP) is 2.97. The van der Waals surface area contributed by atoms with E-state index >= 15 is 0 Å². The number of hydrogen-bond donors (Lipinski definition) is 1. The van der Waals surface area contributed by atoms with E-state index in [1.165, 1.54) is 28.4 Å². The van der Waals surface area contributed by atoms with Gasteiger partial charge >= 0.3 is 0 Å². The summed E-state index contributed by atoms with van der Waals surface area (Å²) < 4.78 is 13.3. The monoisotopic (exact) mass is 293 g/mol. The Balaban J connectivity index is 2.29. The van der Waals surface area contributed by atoms with E-state index in [9.17, 15) is 9.18 Å². The van der Waals surface area contributed by atoms with Gasteiger partial charge in [0.2, 0.25) is 0 Å². The van der Waals surface area contributed by atoms with Gasteiger partial charge < -0.3 is 10.6 Å².